The number of carboxylic acid groups (broad SMARTS) is 1. The molecule has 0 saturated heterocycles. The molecule has 0 saturated carbocycles. The Balaban J connectivity index is 2.30. The van der Waals surface area contributed by atoms with Gasteiger partial charge >= 0.3 is 5.97 Å². The van der Waals surface area contributed by atoms with Crippen molar-refractivity contribution < 1.29 is 9.90 Å². The summed E-state index contributed by atoms with van der Waals surface area (Å²) in [6.07, 6.45) is 2.24. The molecule has 13 heavy (non-hydrogen) atoms. The third-order valence-electron chi connectivity index (χ3n) is 2.18. The number of hydrogen-bond donors (Lipinski definition) is 2. The second kappa shape index (κ2) is 2.73. The van der Waals surface area contributed by atoms with Crippen LogP contribution in [0.15, 0.2) is 12.3 Å². The first-order chi connectivity index (χ1) is 6.16. The zero-order valence-electron chi connectivity index (χ0n) is 7.24. The van der Waals surface area contributed by atoms with E-state index in [4.69, 9.17) is 5.11 Å². The fourth-order valence-corrected chi connectivity index (χ4v) is 1.52. The standard InChI is InChI=1S/C9H10N2O2/c1-5-2-6-3-7(9(12)13)11-8(6)4-10-5/h2,4,7,11H,3H2,1H3,(H,12,13). The van der Waals surface area contributed by atoms with E-state index in [-0.39, 0.29) is 0 Å². The first kappa shape index (κ1) is 8.04. The lowest BCUT2D eigenvalue weighted by Crippen LogP contribution is -2.26. The normalized spacial score (nSPS) is 19.3. The lowest BCUT2D eigenvalue weighted by Gasteiger charge is -2.02. The molecule has 4 nitrogen and oxygen atoms in total. The van der Waals surface area contributed by atoms with Crippen molar-refractivity contribution in [1.29, 1.82) is 0 Å². The highest BCUT2D eigenvalue weighted by Crippen LogP contribution is 2.25. The number of pyridine rings is 1. The van der Waals surface area contributed by atoms with Gasteiger partial charge in [-0.25, -0.2) is 4.79 Å². The summed E-state index contributed by atoms with van der Waals surface area (Å²) in [7, 11) is 0. The summed E-state index contributed by atoms with van der Waals surface area (Å²) >= 11 is 0. The molecular weight excluding hydrogens is 168 g/mol. The molecule has 1 aromatic rings. The van der Waals surface area contributed by atoms with E-state index < -0.39 is 12.0 Å². The number of carboxylic acids is 1. The number of hydrogen-bond acceptors (Lipinski definition) is 3. The Bertz CT molecular complexity index is 363. The van der Waals surface area contributed by atoms with Crippen LogP contribution in [0.5, 0.6) is 0 Å². The Morgan fingerprint density at radius 3 is 3.23 bits per heavy atom. The van der Waals surface area contributed by atoms with Gasteiger partial charge in [-0.1, -0.05) is 0 Å². The molecule has 1 aliphatic rings. The van der Waals surface area contributed by atoms with Crippen LogP contribution in [0.25, 0.3) is 0 Å². The topological polar surface area (TPSA) is 62.2 Å². The Labute approximate surface area is 75.6 Å². The van der Waals surface area contributed by atoms with Gasteiger partial charge in [0.2, 0.25) is 0 Å². The number of aryl methyl sites for hydroxylation is 1. The third-order valence-corrected chi connectivity index (χ3v) is 2.18. The quantitative estimate of drug-likeness (QED) is 0.668. The van der Waals surface area contributed by atoms with Crippen molar-refractivity contribution in [3.8, 4) is 0 Å². The molecule has 0 spiro atoms. The molecule has 2 rings (SSSR count). The van der Waals surface area contributed by atoms with E-state index >= 15 is 0 Å². The van der Waals surface area contributed by atoms with Gasteiger partial charge in [-0.05, 0) is 18.6 Å². The van der Waals surface area contributed by atoms with Crippen LogP contribution < -0.4 is 5.32 Å². The maximum absolute atomic E-state index is 10.7. The largest absolute Gasteiger partial charge is 0.480 e. The van der Waals surface area contributed by atoms with Gasteiger partial charge in [0.25, 0.3) is 0 Å². The molecule has 0 aromatic carbocycles. The minimum Gasteiger partial charge on any atom is -0.480 e. The van der Waals surface area contributed by atoms with Crippen LogP contribution in [0.1, 0.15) is 11.3 Å². The van der Waals surface area contributed by atoms with Gasteiger partial charge < -0.3 is 10.4 Å². The molecule has 0 amide bonds. The lowest BCUT2D eigenvalue weighted by molar-refractivity contribution is -0.137. The molecule has 1 aromatic heterocycles. The lowest BCUT2D eigenvalue weighted by atomic mass is 10.1. The maximum atomic E-state index is 10.7. The van der Waals surface area contributed by atoms with E-state index in [1.165, 1.54) is 0 Å². The fraction of sp³-hybridized carbons (Fsp3) is 0.333. The predicted octanol–water partition coefficient (Wildman–Crippen LogP) is 0.811. The summed E-state index contributed by atoms with van der Waals surface area (Å²) in [4.78, 5) is 14.8. The van der Waals surface area contributed by atoms with Gasteiger partial charge in [-0.15, -0.1) is 0 Å². The van der Waals surface area contributed by atoms with Gasteiger partial charge in [-0.2, -0.15) is 0 Å². The van der Waals surface area contributed by atoms with Crippen molar-refractivity contribution >= 4 is 11.7 Å². The molecule has 1 aliphatic heterocycles. The SMILES string of the molecule is Cc1cc2c(cn1)NC(C(=O)O)C2. The number of aliphatic carboxylic acids is 1. The molecule has 1 unspecified atom stereocenters. The number of carbonyl (C=O) groups is 1. The van der Waals surface area contributed by atoms with Crippen LogP contribution in [0.2, 0.25) is 0 Å². The zero-order chi connectivity index (χ0) is 9.42. The molecule has 0 fully saturated rings. The molecule has 0 aliphatic carbocycles. The Morgan fingerprint density at radius 2 is 2.54 bits per heavy atom. The molecule has 1 atom stereocenters. The van der Waals surface area contributed by atoms with Gasteiger partial charge in [0.05, 0.1) is 11.9 Å². The van der Waals surface area contributed by atoms with Crippen LogP contribution in [0.3, 0.4) is 0 Å². The van der Waals surface area contributed by atoms with Gasteiger partial charge in [0.1, 0.15) is 6.04 Å². The number of aromatic nitrogens is 1. The van der Waals surface area contributed by atoms with Crippen molar-refractivity contribution in [3.63, 3.8) is 0 Å². The summed E-state index contributed by atoms with van der Waals surface area (Å²) in [5, 5.41) is 11.7. The first-order valence-corrected chi connectivity index (χ1v) is 4.11. The van der Waals surface area contributed by atoms with Gasteiger partial charge in [0, 0.05) is 12.1 Å². The summed E-state index contributed by atoms with van der Waals surface area (Å²) in [6, 6.07) is 1.43. The van der Waals surface area contributed by atoms with E-state index in [9.17, 15) is 4.79 Å². The second-order valence-electron chi connectivity index (χ2n) is 3.22. The molecular formula is C9H10N2O2. The van der Waals surface area contributed by atoms with Crippen molar-refractivity contribution in [1.82, 2.24) is 4.98 Å². The minimum absolute atomic E-state index is 0.487. The van der Waals surface area contributed by atoms with Gasteiger partial charge in [0.15, 0.2) is 0 Å². The highest BCUT2D eigenvalue weighted by Gasteiger charge is 2.26. The van der Waals surface area contributed by atoms with Crippen LogP contribution in [0.4, 0.5) is 5.69 Å². The van der Waals surface area contributed by atoms with Gasteiger partial charge in [-0.3, -0.25) is 4.98 Å². The highest BCUT2D eigenvalue weighted by atomic mass is 16.4. The van der Waals surface area contributed by atoms with E-state index in [0.717, 1.165) is 16.9 Å². The third kappa shape index (κ3) is 1.35. The molecule has 4 heteroatoms. The fourth-order valence-electron chi connectivity index (χ4n) is 1.52. The van der Waals surface area contributed by atoms with Crippen LogP contribution in [-0.2, 0) is 11.2 Å². The second-order valence-corrected chi connectivity index (χ2v) is 3.22. The Hall–Kier alpha value is -1.58. The van der Waals surface area contributed by atoms with E-state index in [1.54, 1.807) is 6.20 Å². The molecule has 68 valence electrons. The average Bonchev–Trinajstić information content (AvgIpc) is 2.46. The van der Waals surface area contributed by atoms with Crippen molar-refractivity contribution in [2.45, 2.75) is 19.4 Å². The van der Waals surface area contributed by atoms with Crippen molar-refractivity contribution in [2.24, 2.45) is 0 Å². The summed E-state index contributed by atoms with van der Waals surface area (Å²) in [5.41, 5.74) is 2.81. The van der Waals surface area contributed by atoms with Crippen molar-refractivity contribution in [2.75, 3.05) is 5.32 Å². The average molecular weight is 178 g/mol. The molecule has 2 N–H and O–H groups in total. The molecule has 0 bridgehead atoms. The van der Waals surface area contributed by atoms with E-state index in [1.807, 2.05) is 13.0 Å². The van der Waals surface area contributed by atoms with E-state index in [2.05, 4.69) is 10.3 Å². The van der Waals surface area contributed by atoms with Crippen LogP contribution in [-0.4, -0.2) is 22.1 Å². The Kier molecular flexibility index (Phi) is 1.69. The van der Waals surface area contributed by atoms with E-state index in [0.29, 0.717) is 6.42 Å². The minimum atomic E-state index is -0.811. The smallest absolute Gasteiger partial charge is 0.326 e. The number of rotatable bonds is 1. The summed E-state index contributed by atoms with van der Waals surface area (Å²) in [6.45, 7) is 1.90. The summed E-state index contributed by atoms with van der Waals surface area (Å²) in [5.74, 6) is -0.811. The first-order valence-electron chi connectivity index (χ1n) is 4.11. The molecule has 2 heterocycles. The highest BCUT2D eigenvalue weighted by molar-refractivity contribution is 5.81. The zero-order valence-corrected chi connectivity index (χ0v) is 7.24. The predicted molar refractivity (Wildman–Crippen MR) is 47.7 cm³/mol. The number of anilines is 1. The van der Waals surface area contributed by atoms with Crippen LogP contribution in [0, 0.1) is 6.92 Å². The summed E-state index contributed by atoms with van der Waals surface area (Å²) < 4.78 is 0. The number of fused-ring (bicyclic) bond motifs is 1. The van der Waals surface area contributed by atoms with Crippen LogP contribution >= 0.6 is 0 Å². The number of nitrogens with one attached hydrogen (secondary N) is 1. The van der Waals surface area contributed by atoms with Crippen molar-refractivity contribution in [3.05, 3.63) is 23.5 Å². The maximum Gasteiger partial charge on any atom is 0.326 e. The Morgan fingerprint density at radius 1 is 1.77 bits per heavy atom. The number of nitrogens with zero attached hydrogens (tertiary/aromatic N) is 1. The monoisotopic (exact) mass is 178 g/mol. The molecule has 0 radical (unpaired) electrons.